The summed E-state index contributed by atoms with van der Waals surface area (Å²) in [6, 6.07) is 0.710. The Balaban J connectivity index is 1.57. The molecule has 0 saturated carbocycles. The average Bonchev–Trinajstić information content (AvgIpc) is 3.14. The standard InChI is InChI=1S/C17H30N4O2/c1-3-19-7-4-5-15(19)12-20-11-14(9-16(20)22)17(23)21-8-6-18-10-13(21)2/h13-15,18H,3-12H2,1-2H3/t13-,14?,15?/m1/s1. The van der Waals surface area contributed by atoms with Crippen molar-refractivity contribution in [3.8, 4) is 0 Å². The summed E-state index contributed by atoms with van der Waals surface area (Å²) in [7, 11) is 0. The second-order valence-corrected chi connectivity index (χ2v) is 7.21. The van der Waals surface area contributed by atoms with Gasteiger partial charge < -0.3 is 15.1 Å². The molecule has 130 valence electrons. The molecule has 2 amide bonds. The van der Waals surface area contributed by atoms with Crippen LogP contribution in [0.2, 0.25) is 0 Å². The quantitative estimate of drug-likeness (QED) is 0.800. The molecule has 0 aromatic carbocycles. The van der Waals surface area contributed by atoms with E-state index >= 15 is 0 Å². The zero-order valence-electron chi connectivity index (χ0n) is 14.5. The van der Waals surface area contributed by atoms with Gasteiger partial charge in [0.25, 0.3) is 0 Å². The number of piperazine rings is 1. The summed E-state index contributed by atoms with van der Waals surface area (Å²) in [4.78, 5) is 31.5. The molecule has 2 unspecified atom stereocenters. The Morgan fingerprint density at radius 2 is 2.17 bits per heavy atom. The van der Waals surface area contributed by atoms with E-state index < -0.39 is 0 Å². The lowest BCUT2D eigenvalue weighted by molar-refractivity contribution is -0.138. The fourth-order valence-corrected chi connectivity index (χ4v) is 4.29. The van der Waals surface area contributed by atoms with Gasteiger partial charge in [0.2, 0.25) is 11.8 Å². The molecule has 0 aliphatic carbocycles. The van der Waals surface area contributed by atoms with Gasteiger partial charge in [-0.3, -0.25) is 14.5 Å². The molecule has 1 N–H and O–H groups in total. The maximum Gasteiger partial charge on any atom is 0.228 e. The van der Waals surface area contributed by atoms with Gasteiger partial charge in [0.1, 0.15) is 0 Å². The van der Waals surface area contributed by atoms with Crippen molar-refractivity contribution in [2.75, 3.05) is 45.8 Å². The molecule has 23 heavy (non-hydrogen) atoms. The Labute approximate surface area is 139 Å². The van der Waals surface area contributed by atoms with E-state index in [0.717, 1.165) is 39.3 Å². The van der Waals surface area contributed by atoms with Crippen molar-refractivity contribution in [3.63, 3.8) is 0 Å². The van der Waals surface area contributed by atoms with E-state index in [1.165, 1.54) is 12.8 Å². The minimum absolute atomic E-state index is 0.139. The van der Waals surface area contributed by atoms with Gasteiger partial charge >= 0.3 is 0 Å². The zero-order chi connectivity index (χ0) is 16.4. The summed E-state index contributed by atoms with van der Waals surface area (Å²) >= 11 is 0. The van der Waals surface area contributed by atoms with Gasteiger partial charge in [-0.1, -0.05) is 6.92 Å². The van der Waals surface area contributed by atoms with E-state index in [4.69, 9.17) is 0 Å². The molecule has 0 bridgehead atoms. The van der Waals surface area contributed by atoms with Crippen LogP contribution in [0.4, 0.5) is 0 Å². The van der Waals surface area contributed by atoms with Crippen molar-refractivity contribution < 1.29 is 9.59 Å². The lowest BCUT2D eigenvalue weighted by atomic mass is 10.1. The molecule has 6 heteroatoms. The normalized spacial score (nSPS) is 32.8. The van der Waals surface area contributed by atoms with E-state index in [0.29, 0.717) is 19.0 Å². The van der Waals surface area contributed by atoms with E-state index in [1.54, 1.807) is 0 Å². The molecule has 0 aromatic heterocycles. The maximum absolute atomic E-state index is 12.8. The van der Waals surface area contributed by atoms with E-state index in [1.807, 2.05) is 9.80 Å². The molecule has 3 heterocycles. The number of likely N-dealkylation sites (N-methyl/N-ethyl adjacent to an activating group) is 1. The highest BCUT2D eigenvalue weighted by Gasteiger charge is 2.39. The number of nitrogens with one attached hydrogen (secondary N) is 1. The van der Waals surface area contributed by atoms with Crippen LogP contribution in [-0.4, -0.2) is 84.4 Å². The van der Waals surface area contributed by atoms with Gasteiger partial charge in [-0.15, -0.1) is 0 Å². The van der Waals surface area contributed by atoms with Gasteiger partial charge in [0.05, 0.1) is 5.92 Å². The fraction of sp³-hybridized carbons (Fsp3) is 0.882. The summed E-state index contributed by atoms with van der Waals surface area (Å²) < 4.78 is 0. The summed E-state index contributed by atoms with van der Waals surface area (Å²) in [6.45, 7) is 10.3. The molecule has 3 rings (SSSR count). The van der Waals surface area contributed by atoms with Crippen LogP contribution < -0.4 is 5.32 Å². The summed E-state index contributed by atoms with van der Waals surface area (Å²) in [6.07, 6.45) is 2.79. The Morgan fingerprint density at radius 1 is 1.35 bits per heavy atom. The third-order valence-corrected chi connectivity index (χ3v) is 5.68. The first-order chi connectivity index (χ1) is 11.1. The zero-order valence-corrected chi connectivity index (χ0v) is 14.5. The van der Waals surface area contributed by atoms with Crippen LogP contribution >= 0.6 is 0 Å². The smallest absolute Gasteiger partial charge is 0.228 e. The third kappa shape index (κ3) is 3.53. The summed E-state index contributed by atoms with van der Waals surface area (Å²) in [5, 5.41) is 3.31. The van der Waals surface area contributed by atoms with Crippen molar-refractivity contribution in [3.05, 3.63) is 0 Å². The average molecular weight is 322 g/mol. The number of nitrogens with zero attached hydrogens (tertiary/aromatic N) is 3. The number of likely N-dealkylation sites (tertiary alicyclic amines) is 2. The summed E-state index contributed by atoms with van der Waals surface area (Å²) in [5.41, 5.74) is 0. The minimum atomic E-state index is -0.139. The Hall–Kier alpha value is -1.14. The van der Waals surface area contributed by atoms with Gasteiger partial charge in [-0.25, -0.2) is 0 Å². The highest BCUT2D eigenvalue weighted by atomic mass is 16.2. The van der Waals surface area contributed by atoms with E-state index in [9.17, 15) is 9.59 Å². The Bertz CT molecular complexity index is 456. The molecule has 0 spiro atoms. The van der Waals surface area contributed by atoms with Gasteiger partial charge in [-0.2, -0.15) is 0 Å². The lowest BCUT2D eigenvalue weighted by Gasteiger charge is -2.35. The lowest BCUT2D eigenvalue weighted by Crippen LogP contribution is -2.54. The number of hydrogen-bond donors (Lipinski definition) is 1. The van der Waals surface area contributed by atoms with Crippen molar-refractivity contribution >= 4 is 11.8 Å². The second-order valence-electron chi connectivity index (χ2n) is 7.21. The fourth-order valence-electron chi connectivity index (χ4n) is 4.29. The second kappa shape index (κ2) is 7.18. The van der Waals surface area contributed by atoms with Crippen LogP contribution in [0.1, 0.15) is 33.1 Å². The predicted octanol–water partition coefficient (Wildman–Crippen LogP) is 0.140. The highest BCUT2D eigenvalue weighted by molar-refractivity contribution is 5.89. The molecule has 6 nitrogen and oxygen atoms in total. The largest absolute Gasteiger partial charge is 0.340 e. The van der Waals surface area contributed by atoms with Gasteiger partial charge in [-0.05, 0) is 32.9 Å². The number of carbonyl (C=O) groups excluding carboxylic acids is 2. The number of carbonyl (C=O) groups is 2. The van der Waals surface area contributed by atoms with Crippen LogP contribution in [0.3, 0.4) is 0 Å². The van der Waals surface area contributed by atoms with Crippen LogP contribution in [0.5, 0.6) is 0 Å². The van der Waals surface area contributed by atoms with Gasteiger partial charge in [0.15, 0.2) is 0 Å². The Morgan fingerprint density at radius 3 is 2.91 bits per heavy atom. The topological polar surface area (TPSA) is 55.9 Å². The van der Waals surface area contributed by atoms with E-state index in [-0.39, 0.29) is 23.8 Å². The third-order valence-electron chi connectivity index (χ3n) is 5.68. The van der Waals surface area contributed by atoms with Crippen molar-refractivity contribution in [1.82, 2.24) is 20.0 Å². The maximum atomic E-state index is 12.8. The number of hydrogen-bond acceptors (Lipinski definition) is 4. The first-order valence-corrected chi connectivity index (χ1v) is 9.13. The van der Waals surface area contributed by atoms with Crippen molar-refractivity contribution in [2.24, 2.45) is 5.92 Å². The number of amides is 2. The minimum Gasteiger partial charge on any atom is -0.340 e. The van der Waals surface area contributed by atoms with Crippen LogP contribution in [0.25, 0.3) is 0 Å². The van der Waals surface area contributed by atoms with Crippen molar-refractivity contribution in [1.29, 1.82) is 0 Å². The first kappa shape index (κ1) is 16.7. The number of rotatable bonds is 4. The molecule has 3 atom stereocenters. The van der Waals surface area contributed by atoms with Crippen molar-refractivity contribution in [2.45, 2.75) is 45.2 Å². The SMILES string of the molecule is CCN1CCCC1CN1CC(C(=O)N2CCNC[C@H]2C)CC1=O. The monoisotopic (exact) mass is 322 g/mol. The molecular formula is C17H30N4O2. The molecule has 3 saturated heterocycles. The molecular weight excluding hydrogens is 292 g/mol. The molecule has 3 fully saturated rings. The van der Waals surface area contributed by atoms with Crippen LogP contribution in [0.15, 0.2) is 0 Å². The Kier molecular flexibility index (Phi) is 5.21. The van der Waals surface area contributed by atoms with Crippen LogP contribution in [-0.2, 0) is 9.59 Å². The molecule has 3 aliphatic rings. The van der Waals surface area contributed by atoms with E-state index in [2.05, 4.69) is 24.1 Å². The predicted molar refractivity (Wildman–Crippen MR) is 89.0 cm³/mol. The van der Waals surface area contributed by atoms with Gasteiger partial charge in [0, 0.05) is 51.2 Å². The molecule has 0 aromatic rings. The first-order valence-electron chi connectivity index (χ1n) is 9.13. The molecule has 0 radical (unpaired) electrons. The highest BCUT2D eigenvalue weighted by Crippen LogP contribution is 2.25. The van der Waals surface area contributed by atoms with Crippen LogP contribution in [0, 0.1) is 5.92 Å². The molecule has 3 aliphatic heterocycles. The summed E-state index contributed by atoms with van der Waals surface area (Å²) in [5.74, 6) is 0.197.